The van der Waals surface area contributed by atoms with Gasteiger partial charge in [-0.05, 0) is 59.8 Å². The molecule has 0 unspecified atom stereocenters. The average molecular weight is 362 g/mol. The van der Waals surface area contributed by atoms with E-state index in [-0.39, 0.29) is 0 Å². The zero-order valence-corrected chi connectivity index (χ0v) is 13.8. The fourth-order valence-corrected chi connectivity index (χ4v) is 4.38. The van der Waals surface area contributed by atoms with E-state index in [0.29, 0.717) is 16.2 Å². The first-order valence-electron chi connectivity index (χ1n) is 6.78. The Bertz CT molecular complexity index is 846. The number of halogens is 1. The van der Waals surface area contributed by atoms with Crippen LogP contribution in [0.2, 0.25) is 0 Å². The van der Waals surface area contributed by atoms with Crippen molar-refractivity contribution in [2.45, 2.75) is 26.2 Å². The molecule has 4 nitrogen and oxygen atoms in total. The highest BCUT2D eigenvalue weighted by Crippen LogP contribution is 2.41. The Kier molecular flexibility index (Phi) is 3.15. The molecule has 0 radical (unpaired) electrons. The number of nitrogens with zero attached hydrogens (tertiary/aromatic N) is 3. The van der Waals surface area contributed by atoms with E-state index in [9.17, 15) is 0 Å². The van der Waals surface area contributed by atoms with Gasteiger partial charge in [0.2, 0.25) is 5.88 Å². The highest BCUT2D eigenvalue weighted by Gasteiger charge is 2.22. The molecule has 3 aromatic rings. The molecule has 0 aromatic carbocycles. The minimum atomic E-state index is 0.630. The summed E-state index contributed by atoms with van der Waals surface area (Å²) in [4.78, 5) is 15.5. The molecule has 1 aliphatic carbocycles. The molecule has 6 heteroatoms. The third-order valence-corrected chi connectivity index (χ3v) is 5.39. The molecule has 0 saturated carbocycles. The minimum absolute atomic E-state index is 0.630. The summed E-state index contributed by atoms with van der Waals surface area (Å²) in [6, 6.07) is 3.84. The Morgan fingerprint density at radius 2 is 2.14 bits per heavy atom. The van der Waals surface area contributed by atoms with Gasteiger partial charge in [0, 0.05) is 10.6 Å². The van der Waals surface area contributed by atoms with Gasteiger partial charge in [-0.3, -0.25) is 0 Å². The number of hydrogen-bond donors (Lipinski definition) is 0. The van der Waals surface area contributed by atoms with Gasteiger partial charge in [0.25, 0.3) is 0 Å². The summed E-state index contributed by atoms with van der Waals surface area (Å²) in [7, 11) is 0. The lowest BCUT2D eigenvalue weighted by Crippen LogP contribution is -1.94. The van der Waals surface area contributed by atoms with Gasteiger partial charge >= 0.3 is 0 Å². The second kappa shape index (κ2) is 5.03. The summed E-state index contributed by atoms with van der Waals surface area (Å²) < 4.78 is 6.70. The molecular weight excluding hydrogens is 350 g/mol. The van der Waals surface area contributed by atoms with Crippen LogP contribution in [0, 0.1) is 6.92 Å². The van der Waals surface area contributed by atoms with E-state index >= 15 is 0 Å². The van der Waals surface area contributed by atoms with Gasteiger partial charge < -0.3 is 4.74 Å². The summed E-state index contributed by atoms with van der Waals surface area (Å²) in [5.41, 5.74) is 2.31. The van der Waals surface area contributed by atoms with E-state index in [2.05, 4.69) is 30.9 Å². The average Bonchev–Trinajstić information content (AvgIpc) is 3.02. The van der Waals surface area contributed by atoms with Crippen LogP contribution in [0.3, 0.4) is 0 Å². The van der Waals surface area contributed by atoms with Gasteiger partial charge in [0.1, 0.15) is 15.8 Å². The molecule has 106 valence electrons. The first-order chi connectivity index (χ1) is 10.2. The van der Waals surface area contributed by atoms with Crippen LogP contribution < -0.4 is 4.74 Å². The summed E-state index contributed by atoms with van der Waals surface area (Å²) in [6.45, 7) is 1.95. The summed E-state index contributed by atoms with van der Waals surface area (Å²) in [5.74, 6) is 1.31. The molecule has 21 heavy (non-hydrogen) atoms. The quantitative estimate of drug-likeness (QED) is 0.633. The van der Waals surface area contributed by atoms with Gasteiger partial charge in [0.05, 0.1) is 5.39 Å². The molecule has 0 atom stereocenters. The Morgan fingerprint density at radius 3 is 3.00 bits per heavy atom. The largest absolute Gasteiger partial charge is 0.435 e. The number of aryl methyl sites for hydroxylation is 3. The lowest BCUT2D eigenvalue weighted by Gasteiger charge is -2.08. The van der Waals surface area contributed by atoms with Crippen molar-refractivity contribution in [2.24, 2.45) is 0 Å². The monoisotopic (exact) mass is 361 g/mol. The minimum Gasteiger partial charge on any atom is -0.435 e. The normalized spacial score (nSPS) is 13.6. The van der Waals surface area contributed by atoms with E-state index in [1.54, 1.807) is 17.7 Å². The Labute approximate surface area is 134 Å². The van der Waals surface area contributed by atoms with Gasteiger partial charge in [-0.2, -0.15) is 0 Å². The molecule has 0 fully saturated rings. The topological polar surface area (TPSA) is 47.9 Å². The van der Waals surface area contributed by atoms with Crippen LogP contribution in [0.5, 0.6) is 11.6 Å². The molecule has 0 bridgehead atoms. The lowest BCUT2D eigenvalue weighted by molar-refractivity contribution is 0.462. The zero-order valence-electron chi connectivity index (χ0n) is 11.4. The number of hydrogen-bond acceptors (Lipinski definition) is 5. The maximum atomic E-state index is 6.01. The van der Waals surface area contributed by atoms with Gasteiger partial charge in [-0.1, -0.05) is 0 Å². The summed E-state index contributed by atoms with van der Waals surface area (Å²) >= 11 is 5.20. The predicted molar refractivity (Wildman–Crippen MR) is 86.2 cm³/mol. The number of ether oxygens (including phenoxy) is 1. The van der Waals surface area contributed by atoms with Crippen molar-refractivity contribution in [1.82, 2.24) is 15.0 Å². The number of pyridine rings is 1. The zero-order chi connectivity index (χ0) is 14.4. The van der Waals surface area contributed by atoms with Crippen LogP contribution in [0.1, 0.15) is 22.6 Å². The summed E-state index contributed by atoms with van der Waals surface area (Å²) in [6.07, 6.45) is 5.01. The van der Waals surface area contributed by atoms with E-state index < -0.39 is 0 Å². The second-order valence-corrected chi connectivity index (χ2v) is 6.89. The smallest absolute Gasteiger partial charge is 0.231 e. The number of thiophene rings is 1. The van der Waals surface area contributed by atoms with Crippen molar-refractivity contribution < 1.29 is 4.74 Å². The van der Waals surface area contributed by atoms with E-state index in [4.69, 9.17) is 4.74 Å². The van der Waals surface area contributed by atoms with E-state index in [0.717, 1.165) is 28.8 Å². The van der Waals surface area contributed by atoms with Crippen molar-refractivity contribution in [1.29, 1.82) is 0 Å². The molecule has 0 amide bonds. The molecule has 3 heterocycles. The highest BCUT2D eigenvalue weighted by atomic mass is 79.9. The van der Waals surface area contributed by atoms with Gasteiger partial charge in [-0.25, -0.2) is 15.0 Å². The fraction of sp³-hybridized carbons (Fsp3) is 0.267. The Hall–Kier alpha value is -1.53. The second-order valence-electron chi connectivity index (χ2n) is 5.06. The third-order valence-electron chi connectivity index (χ3n) is 3.63. The van der Waals surface area contributed by atoms with Crippen LogP contribution in [0.15, 0.2) is 23.1 Å². The highest BCUT2D eigenvalue weighted by molar-refractivity contribution is 9.10. The molecule has 1 aliphatic rings. The van der Waals surface area contributed by atoms with Crippen molar-refractivity contribution >= 4 is 37.5 Å². The van der Waals surface area contributed by atoms with Crippen molar-refractivity contribution in [3.05, 3.63) is 39.2 Å². The molecule has 0 aliphatic heterocycles. The standard InChI is InChI=1S/C15H12BrN3OS/c1-8-5-6-10(13(16)19-8)20-14-12-9-3-2-4-11(9)21-15(12)18-7-17-14/h5-7H,2-4H2,1H3. The molecule has 4 rings (SSSR count). The molecule has 0 N–H and O–H groups in total. The van der Waals surface area contributed by atoms with Gasteiger partial charge in [-0.15, -0.1) is 11.3 Å². The SMILES string of the molecule is Cc1ccc(Oc2ncnc3sc4c(c23)CCC4)c(Br)n1. The molecule has 3 aromatic heterocycles. The lowest BCUT2D eigenvalue weighted by atomic mass is 10.2. The van der Waals surface area contributed by atoms with Crippen molar-refractivity contribution in [2.75, 3.05) is 0 Å². The molecule has 0 spiro atoms. The Balaban J connectivity index is 1.83. The van der Waals surface area contributed by atoms with E-state index in [1.165, 1.54) is 16.9 Å². The van der Waals surface area contributed by atoms with Crippen LogP contribution in [-0.4, -0.2) is 15.0 Å². The van der Waals surface area contributed by atoms with Crippen LogP contribution in [0.4, 0.5) is 0 Å². The third kappa shape index (κ3) is 2.22. The van der Waals surface area contributed by atoms with Crippen LogP contribution in [0.25, 0.3) is 10.2 Å². The first-order valence-corrected chi connectivity index (χ1v) is 8.39. The van der Waals surface area contributed by atoms with Crippen LogP contribution in [-0.2, 0) is 12.8 Å². The number of aromatic nitrogens is 3. The number of rotatable bonds is 2. The maximum absolute atomic E-state index is 6.01. The van der Waals surface area contributed by atoms with Crippen molar-refractivity contribution in [3.63, 3.8) is 0 Å². The van der Waals surface area contributed by atoms with Crippen molar-refractivity contribution in [3.8, 4) is 11.6 Å². The number of fused-ring (bicyclic) bond motifs is 3. The fourth-order valence-electron chi connectivity index (χ4n) is 2.67. The maximum Gasteiger partial charge on any atom is 0.231 e. The van der Waals surface area contributed by atoms with Gasteiger partial charge in [0.15, 0.2) is 5.75 Å². The van der Waals surface area contributed by atoms with Crippen LogP contribution >= 0.6 is 27.3 Å². The molecule has 0 saturated heterocycles. The predicted octanol–water partition coefficient (Wildman–Crippen LogP) is 4.44. The van der Waals surface area contributed by atoms with E-state index in [1.807, 2.05) is 19.1 Å². The summed E-state index contributed by atoms with van der Waals surface area (Å²) in [5, 5.41) is 1.07. The Morgan fingerprint density at radius 1 is 1.24 bits per heavy atom. The molecular formula is C15H12BrN3OS. The first kappa shape index (κ1) is 13.2.